The highest BCUT2D eigenvalue weighted by molar-refractivity contribution is 7.90. The molecule has 1 aliphatic heterocycles. The van der Waals surface area contributed by atoms with Gasteiger partial charge in [0.1, 0.15) is 6.34 Å². The summed E-state index contributed by atoms with van der Waals surface area (Å²) in [5.41, 5.74) is 0.798. The van der Waals surface area contributed by atoms with Gasteiger partial charge in [0.25, 0.3) is 10.0 Å². The molecule has 1 aromatic carbocycles. The molecule has 25 heavy (non-hydrogen) atoms. The number of aliphatic hydroxyl groups is 1. The Balaban J connectivity index is 1.71. The number of hydrazine groups is 1. The Labute approximate surface area is 148 Å². The van der Waals surface area contributed by atoms with E-state index in [1.807, 2.05) is 13.1 Å². The van der Waals surface area contributed by atoms with Crippen LogP contribution in [-0.2, 0) is 16.6 Å². The predicted octanol–water partition coefficient (Wildman–Crippen LogP) is 1.99. The molecule has 1 aliphatic carbocycles. The fourth-order valence-corrected chi connectivity index (χ4v) is 4.16. The summed E-state index contributed by atoms with van der Waals surface area (Å²) in [6.45, 7) is 3.17. The van der Waals surface area contributed by atoms with E-state index < -0.39 is 10.0 Å². The van der Waals surface area contributed by atoms with Crippen molar-refractivity contribution in [1.82, 2.24) is 10.1 Å². The van der Waals surface area contributed by atoms with Gasteiger partial charge in [0.15, 0.2) is 0 Å². The molecule has 0 unspecified atom stereocenters. The monoisotopic (exact) mass is 364 g/mol. The molecule has 0 amide bonds. The molecule has 1 aromatic rings. The Morgan fingerprint density at radius 2 is 2.00 bits per heavy atom. The Morgan fingerprint density at radius 3 is 2.60 bits per heavy atom. The van der Waals surface area contributed by atoms with Gasteiger partial charge in [0.05, 0.1) is 18.0 Å². The zero-order valence-electron chi connectivity index (χ0n) is 14.4. The van der Waals surface area contributed by atoms with E-state index in [4.69, 9.17) is 5.11 Å². The molecule has 136 valence electrons. The fraction of sp³-hybridized carbons (Fsp3) is 0.529. The van der Waals surface area contributed by atoms with E-state index in [0.29, 0.717) is 12.1 Å². The first-order valence-corrected chi connectivity index (χ1v) is 10.0. The van der Waals surface area contributed by atoms with Crippen LogP contribution in [0.4, 0.5) is 0 Å². The Kier molecular flexibility index (Phi) is 5.10. The largest absolute Gasteiger partial charge is 0.392 e. The van der Waals surface area contributed by atoms with Gasteiger partial charge in [0.2, 0.25) is 0 Å². The van der Waals surface area contributed by atoms with Gasteiger partial charge in [0, 0.05) is 18.2 Å². The highest BCUT2D eigenvalue weighted by Crippen LogP contribution is 2.40. The maximum absolute atomic E-state index is 12.4. The van der Waals surface area contributed by atoms with Crippen LogP contribution >= 0.6 is 0 Å². The average Bonchev–Trinajstić information content (AvgIpc) is 3.26. The van der Waals surface area contributed by atoms with Crippen LogP contribution in [0, 0.1) is 5.41 Å². The van der Waals surface area contributed by atoms with Crippen LogP contribution in [0.25, 0.3) is 0 Å². The molecule has 0 saturated heterocycles. The van der Waals surface area contributed by atoms with Gasteiger partial charge in [-0.2, -0.15) is 13.5 Å². The van der Waals surface area contributed by atoms with Crippen molar-refractivity contribution in [2.45, 2.75) is 44.1 Å². The van der Waals surface area contributed by atoms with Gasteiger partial charge in [-0.1, -0.05) is 25.0 Å². The van der Waals surface area contributed by atoms with Crippen LogP contribution in [0.15, 0.2) is 38.7 Å². The van der Waals surface area contributed by atoms with Crippen molar-refractivity contribution in [2.75, 3.05) is 13.1 Å². The third kappa shape index (κ3) is 3.85. The quantitative estimate of drug-likeness (QED) is 0.616. The molecule has 1 N–H and O–H groups in total. The van der Waals surface area contributed by atoms with Gasteiger partial charge in [-0.25, -0.2) is 5.12 Å². The van der Waals surface area contributed by atoms with E-state index in [-0.39, 0.29) is 16.9 Å². The molecule has 8 heteroatoms. The Hall–Kier alpha value is -1.93. The van der Waals surface area contributed by atoms with Gasteiger partial charge >= 0.3 is 0 Å². The molecule has 1 fully saturated rings. The Morgan fingerprint density at radius 1 is 1.32 bits per heavy atom. The second kappa shape index (κ2) is 7.13. The van der Waals surface area contributed by atoms with Crippen LogP contribution in [-0.4, -0.2) is 49.3 Å². The number of hydrogen-bond donors (Lipinski definition) is 1. The zero-order valence-corrected chi connectivity index (χ0v) is 15.2. The first-order chi connectivity index (χ1) is 12.0. The molecule has 1 spiro atoms. The van der Waals surface area contributed by atoms with Crippen LogP contribution in [0.5, 0.6) is 0 Å². The van der Waals surface area contributed by atoms with Crippen LogP contribution in [0.3, 0.4) is 0 Å². The second-order valence-electron chi connectivity index (χ2n) is 6.60. The first-order valence-electron chi connectivity index (χ1n) is 8.57. The maximum Gasteiger partial charge on any atom is 0.283 e. The average molecular weight is 364 g/mol. The van der Waals surface area contributed by atoms with E-state index >= 15 is 0 Å². The summed E-state index contributed by atoms with van der Waals surface area (Å²) >= 11 is 0. The molecule has 1 heterocycles. The smallest absolute Gasteiger partial charge is 0.283 e. The van der Waals surface area contributed by atoms with Crippen LogP contribution in [0.2, 0.25) is 0 Å². The first kappa shape index (κ1) is 17.9. The lowest BCUT2D eigenvalue weighted by Gasteiger charge is -2.29. The van der Waals surface area contributed by atoms with E-state index in [2.05, 4.69) is 9.50 Å². The summed E-state index contributed by atoms with van der Waals surface area (Å²) < 4.78 is 28.6. The van der Waals surface area contributed by atoms with E-state index in [0.717, 1.165) is 19.4 Å². The molecular weight excluding hydrogens is 340 g/mol. The molecule has 7 nitrogen and oxygen atoms in total. The van der Waals surface area contributed by atoms with Crippen molar-refractivity contribution in [3.63, 3.8) is 0 Å². The van der Waals surface area contributed by atoms with Crippen molar-refractivity contribution in [1.29, 1.82) is 0 Å². The van der Waals surface area contributed by atoms with Gasteiger partial charge < -0.3 is 5.11 Å². The van der Waals surface area contributed by atoms with E-state index in [9.17, 15) is 8.42 Å². The minimum absolute atomic E-state index is 0.106. The lowest BCUT2D eigenvalue weighted by Crippen LogP contribution is -2.40. The third-order valence-corrected chi connectivity index (χ3v) is 6.10. The van der Waals surface area contributed by atoms with E-state index in [1.165, 1.54) is 31.3 Å². The number of rotatable bonds is 6. The second-order valence-corrected chi connectivity index (χ2v) is 8.23. The highest BCUT2D eigenvalue weighted by atomic mass is 32.2. The van der Waals surface area contributed by atoms with Gasteiger partial charge in [-0.05, 0) is 37.5 Å². The van der Waals surface area contributed by atoms with Crippen molar-refractivity contribution in [3.8, 4) is 0 Å². The number of nitrogens with zero attached hydrogens (tertiary/aromatic N) is 4. The molecule has 1 saturated carbocycles. The molecule has 0 atom stereocenters. The predicted molar refractivity (Wildman–Crippen MR) is 96.5 cm³/mol. The number of hydrazone groups is 1. The minimum atomic E-state index is -3.78. The topological polar surface area (TPSA) is 85.6 Å². The molecule has 3 rings (SSSR count). The standard InChI is InChI=1S/C17H24N4O3S/c1-2-20(21-13-17(12-18-21)9-3-4-10-17)14-19-25(23,24)16-7-5-15(11-22)6-8-16/h5-8,12,14,22H,2-4,9-11,13H2,1H3. The lowest BCUT2D eigenvalue weighted by molar-refractivity contribution is 0.0498. The lowest BCUT2D eigenvalue weighted by atomic mass is 9.89. The van der Waals surface area contributed by atoms with E-state index in [1.54, 1.807) is 22.3 Å². The van der Waals surface area contributed by atoms with Crippen molar-refractivity contribution in [3.05, 3.63) is 29.8 Å². The SMILES string of the molecule is CCN(C=NS(=O)(=O)c1ccc(CO)cc1)N1CC2(C=N1)CCCC2. The van der Waals surface area contributed by atoms with Crippen LogP contribution in [0.1, 0.15) is 38.2 Å². The summed E-state index contributed by atoms with van der Waals surface area (Å²) in [5.74, 6) is 0. The van der Waals surface area contributed by atoms with Crippen molar-refractivity contribution < 1.29 is 13.5 Å². The van der Waals surface area contributed by atoms with Gasteiger partial charge in [-0.15, -0.1) is 4.40 Å². The van der Waals surface area contributed by atoms with Gasteiger partial charge in [-0.3, -0.25) is 5.01 Å². The molecular formula is C17H24N4O3S. The Bertz CT molecular complexity index is 753. The highest BCUT2D eigenvalue weighted by Gasteiger charge is 2.39. The third-order valence-electron chi connectivity index (χ3n) is 4.86. The molecule has 2 aliphatic rings. The normalized spacial score (nSPS) is 19.4. The summed E-state index contributed by atoms with van der Waals surface area (Å²) in [6.07, 6.45) is 8.06. The van der Waals surface area contributed by atoms with Crippen LogP contribution < -0.4 is 0 Å². The number of hydrogen-bond acceptors (Lipinski definition) is 5. The molecule has 0 radical (unpaired) electrons. The summed E-state index contributed by atoms with van der Waals surface area (Å²) in [5, 5.41) is 17.0. The maximum atomic E-state index is 12.4. The number of aliphatic hydroxyl groups excluding tert-OH is 1. The zero-order chi connectivity index (χ0) is 17.9. The summed E-state index contributed by atoms with van der Waals surface area (Å²) in [6, 6.07) is 6.06. The summed E-state index contributed by atoms with van der Waals surface area (Å²) in [7, 11) is -3.78. The van der Waals surface area contributed by atoms with Crippen molar-refractivity contribution in [2.24, 2.45) is 14.9 Å². The number of benzene rings is 1. The summed E-state index contributed by atoms with van der Waals surface area (Å²) in [4.78, 5) is 0.106. The van der Waals surface area contributed by atoms with Crippen molar-refractivity contribution >= 4 is 22.6 Å². The minimum Gasteiger partial charge on any atom is -0.392 e. The fourth-order valence-electron chi connectivity index (χ4n) is 3.32. The molecule has 0 aromatic heterocycles. The molecule has 0 bridgehead atoms. The number of sulfonamides is 1.